The Bertz CT molecular complexity index is 293. The molecule has 1 saturated heterocycles. The molecule has 1 aliphatic carbocycles. The van der Waals surface area contributed by atoms with Gasteiger partial charge in [-0.05, 0) is 29.6 Å². The summed E-state index contributed by atoms with van der Waals surface area (Å²) in [4.78, 5) is 2.80. The van der Waals surface area contributed by atoms with Crippen molar-refractivity contribution in [2.45, 2.75) is 72.9 Å². The third-order valence-corrected chi connectivity index (χ3v) is 5.18. The molecule has 2 heteroatoms. The van der Waals surface area contributed by atoms with Crippen LogP contribution in [0.5, 0.6) is 0 Å². The van der Waals surface area contributed by atoms with Crippen LogP contribution >= 0.6 is 0 Å². The van der Waals surface area contributed by atoms with E-state index in [1.165, 1.54) is 32.4 Å². The Labute approximate surface area is 120 Å². The van der Waals surface area contributed by atoms with Gasteiger partial charge in [-0.15, -0.1) is 0 Å². The molecule has 112 valence electrons. The minimum absolute atomic E-state index is 0.362. The SMILES string of the molecule is CC(C)(C)C1CN(CC2CCC2)C(C(C)(C)C)CN1. The second kappa shape index (κ2) is 5.37. The van der Waals surface area contributed by atoms with Gasteiger partial charge in [0.1, 0.15) is 0 Å². The van der Waals surface area contributed by atoms with Crippen LogP contribution in [0.4, 0.5) is 0 Å². The Kier molecular flexibility index (Phi) is 4.32. The van der Waals surface area contributed by atoms with E-state index < -0.39 is 0 Å². The number of hydrogen-bond donors (Lipinski definition) is 1. The van der Waals surface area contributed by atoms with Crippen LogP contribution in [0.25, 0.3) is 0 Å². The van der Waals surface area contributed by atoms with Crippen molar-refractivity contribution in [3.63, 3.8) is 0 Å². The van der Waals surface area contributed by atoms with E-state index in [0.717, 1.165) is 12.5 Å². The number of hydrogen-bond acceptors (Lipinski definition) is 2. The largest absolute Gasteiger partial charge is 0.311 e. The molecule has 0 aromatic rings. The van der Waals surface area contributed by atoms with Crippen molar-refractivity contribution >= 4 is 0 Å². The first-order chi connectivity index (χ1) is 8.68. The number of nitrogens with one attached hydrogen (secondary N) is 1. The highest BCUT2D eigenvalue weighted by atomic mass is 15.2. The Balaban J connectivity index is 2.04. The van der Waals surface area contributed by atoms with E-state index >= 15 is 0 Å². The van der Waals surface area contributed by atoms with Crippen LogP contribution in [-0.4, -0.2) is 36.6 Å². The molecule has 1 heterocycles. The second-order valence-electron chi connectivity index (χ2n) is 8.96. The van der Waals surface area contributed by atoms with Crippen molar-refractivity contribution < 1.29 is 0 Å². The van der Waals surface area contributed by atoms with Gasteiger partial charge in [0.15, 0.2) is 0 Å². The minimum atomic E-state index is 0.362. The lowest BCUT2D eigenvalue weighted by molar-refractivity contribution is 0.0110. The first-order valence-corrected chi connectivity index (χ1v) is 8.15. The van der Waals surface area contributed by atoms with Gasteiger partial charge < -0.3 is 5.32 Å². The van der Waals surface area contributed by atoms with E-state index in [0.29, 0.717) is 22.9 Å². The van der Waals surface area contributed by atoms with Crippen molar-refractivity contribution in [1.29, 1.82) is 0 Å². The smallest absolute Gasteiger partial charge is 0.0269 e. The van der Waals surface area contributed by atoms with Crippen LogP contribution in [0, 0.1) is 16.7 Å². The zero-order chi connectivity index (χ0) is 14.3. The molecule has 0 radical (unpaired) electrons. The molecular formula is C17H34N2. The fourth-order valence-electron chi connectivity index (χ4n) is 3.45. The molecule has 0 bridgehead atoms. The molecule has 2 rings (SSSR count). The molecule has 0 aromatic heterocycles. The predicted molar refractivity (Wildman–Crippen MR) is 83.4 cm³/mol. The lowest BCUT2D eigenvalue weighted by atomic mass is 9.78. The van der Waals surface area contributed by atoms with Crippen LogP contribution in [0.2, 0.25) is 0 Å². The van der Waals surface area contributed by atoms with E-state index in [1.54, 1.807) is 0 Å². The van der Waals surface area contributed by atoms with Crippen molar-refractivity contribution in [2.75, 3.05) is 19.6 Å². The standard InChI is InChI=1S/C17H34N2/c1-16(2,3)14-12-19(11-13-8-7-9-13)15(10-18-14)17(4,5)6/h13-15,18H,7-12H2,1-6H3. The summed E-state index contributed by atoms with van der Waals surface area (Å²) in [5.74, 6) is 0.976. The maximum Gasteiger partial charge on any atom is 0.0269 e. The Morgan fingerprint density at radius 2 is 1.63 bits per heavy atom. The summed E-state index contributed by atoms with van der Waals surface area (Å²) in [6.07, 6.45) is 4.38. The van der Waals surface area contributed by atoms with Crippen molar-refractivity contribution in [1.82, 2.24) is 10.2 Å². The van der Waals surface area contributed by atoms with E-state index in [9.17, 15) is 0 Å². The van der Waals surface area contributed by atoms with Crippen LogP contribution in [-0.2, 0) is 0 Å². The average molecular weight is 266 g/mol. The molecule has 2 nitrogen and oxygen atoms in total. The van der Waals surface area contributed by atoms with Crippen molar-refractivity contribution in [3.8, 4) is 0 Å². The van der Waals surface area contributed by atoms with E-state index in [4.69, 9.17) is 0 Å². The summed E-state index contributed by atoms with van der Waals surface area (Å²) in [5.41, 5.74) is 0.736. The molecule has 0 amide bonds. The topological polar surface area (TPSA) is 15.3 Å². The van der Waals surface area contributed by atoms with Crippen LogP contribution in [0.15, 0.2) is 0 Å². The summed E-state index contributed by atoms with van der Waals surface area (Å²) in [6, 6.07) is 1.32. The summed E-state index contributed by atoms with van der Waals surface area (Å²) < 4.78 is 0. The van der Waals surface area contributed by atoms with Crippen molar-refractivity contribution in [2.24, 2.45) is 16.7 Å². The van der Waals surface area contributed by atoms with Gasteiger partial charge in [-0.25, -0.2) is 0 Å². The monoisotopic (exact) mass is 266 g/mol. The third-order valence-electron chi connectivity index (χ3n) is 5.18. The average Bonchev–Trinajstić information content (AvgIpc) is 2.20. The second-order valence-corrected chi connectivity index (χ2v) is 8.96. The maximum atomic E-state index is 3.81. The highest BCUT2D eigenvalue weighted by Crippen LogP contribution is 2.34. The fraction of sp³-hybridized carbons (Fsp3) is 1.00. The van der Waals surface area contributed by atoms with E-state index in [1.807, 2.05) is 0 Å². The van der Waals surface area contributed by atoms with Crippen LogP contribution in [0.1, 0.15) is 60.8 Å². The molecule has 2 unspecified atom stereocenters. The normalized spacial score (nSPS) is 31.3. The molecule has 2 atom stereocenters. The van der Waals surface area contributed by atoms with E-state index in [2.05, 4.69) is 51.8 Å². The maximum absolute atomic E-state index is 3.81. The Morgan fingerprint density at radius 1 is 1.00 bits per heavy atom. The number of rotatable bonds is 2. The van der Waals surface area contributed by atoms with Crippen LogP contribution in [0.3, 0.4) is 0 Å². The first-order valence-electron chi connectivity index (χ1n) is 8.15. The van der Waals surface area contributed by atoms with Gasteiger partial charge in [-0.2, -0.15) is 0 Å². The first kappa shape index (κ1) is 15.3. The molecule has 1 N–H and O–H groups in total. The van der Waals surface area contributed by atoms with Gasteiger partial charge in [0, 0.05) is 31.7 Å². The Morgan fingerprint density at radius 3 is 2.05 bits per heavy atom. The molecule has 0 spiro atoms. The van der Waals surface area contributed by atoms with Gasteiger partial charge in [-0.1, -0.05) is 48.0 Å². The zero-order valence-corrected chi connectivity index (χ0v) is 13.9. The third kappa shape index (κ3) is 3.72. The fourth-order valence-corrected chi connectivity index (χ4v) is 3.45. The molecule has 2 aliphatic rings. The predicted octanol–water partition coefficient (Wildman–Crippen LogP) is 3.52. The quantitative estimate of drug-likeness (QED) is 0.822. The molecule has 1 aliphatic heterocycles. The summed E-state index contributed by atoms with van der Waals surface area (Å²) >= 11 is 0. The van der Waals surface area contributed by atoms with Gasteiger partial charge >= 0.3 is 0 Å². The molecule has 1 saturated carbocycles. The molecule has 0 aromatic carbocycles. The lowest BCUT2D eigenvalue weighted by Crippen LogP contribution is -2.64. The van der Waals surface area contributed by atoms with Crippen LogP contribution < -0.4 is 5.32 Å². The van der Waals surface area contributed by atoms with Gasteiger partial charge in [-0.3, -0.25) is 4.90 Å². The van der Waals surface area contributed by atoms with Gasteiger partial charge in [0.2, 0.25) is 0 Å². The summed E-state index contributed by atoms with van der Waals surface area (Å²) in [5, 5.41) is 3.81. The molecule has 19 heavy (non-hydrogen) atoms. The highest BCUT2D eigenvalue weighted by molar-refractivity contribution is 4.97. The Hall–Kier alpha value is -0.0800. The van der Waals surface area contributed by atoms with Crippen molar-refractivity contribution in [3.05, 3.63) is 0 Å². The lowest BCUT2D eigenvalue weighted by Gasteiger charge is -2.51. The molecular weight excluding hydrogens is 232 g/mol. The highest BCUT2D eigenvalue weighted by Gasteiger charge is 2.39. The zero-order valence-electron chi connectivity index (χ0n) is 13.9. The summed E-state index contributed by atoms with van der Waals surface area (Å²) in [6.45, 7) is 18.0. The van der Waals surface area contributed by atoms with E-state index in [-0.39, 0.29) is 0 Å². The minimum Gasteiger partial charge on any atom is -0.311 e. The summed E-state index contributed by atoms with van der Waals surface area (Å²) in [7, 11) is 0. The number of piperazine rings is 1. The van der Waals surface area contributed by atoms with Gasteiger partial charge in [0.05, 0.1) is 0 Å². The number of nitrogens with zero attached hydrogens (tertiary/aromatic N) is 1. The van der Waals surface area contributed by atoms with Gasteiger partial charge in [0.25, 0.3) is 0 Å². The molecule has 2 fully saturated rings.